The molecule has 0 bridgehead atoms. The molecule has 0 aromatic heterocycles. The van der Waals surface area contributed by atoms with E-state index in [0.717, 1.165) is 0 Å². The predicted octanol–water partition coefficient (Wildman–Crippen LogP) is 1.14. The van der Waals surface area contributed by atoms with Crippen LogP contribution in [0.4, 0.5) is 5.69 Å². The third-order valence-electron chi connectivity index (χ3n) is 1.20. The van der Waals surface area contributed by atoms with Gasteiger partial charge in [0.15, 0.2) is 11.1 Å². The number of nitrogen functional groups attached to an aromatic ring is 1. The molecule has 3 N–H and O–H groups in total. The Morgan fingerprint density at radius 2 is 2.08 bits per heavy atom. The van der Waals surface area contributed by atoms with Crippen LogP contribution in [0.1, 0.15) is 0 Å². The maximum atomic E-state index is 10.5. The Morgan fingerprint density at radius 1 is 1.50 bits per heavy atom. The van der Waals surface area contributed by atoms with Crippen LogP contribution in [-0.2, 0) is 30.6 Å². The molecule has 60 valence electrons. The van der Waals surface area contributed by atoms with Gasteiger partial charge in [-0.3, -0.25) is 0 Å². The van der Waals surface area contributed by atoms with Crippen LogP contribution in [0.3, 0.4) is 0 Å². The maximum Gasteiger partial charge on any atom is 2.00 e. The van der Waals surface area contributed by atoms with E-state index in [1.165, 1.54) is 12.1 Å². The van der Waals surface area contributed by atoms with Crippen molar-refractivity contribution in [3.05, 3.63) is 18.2 Å². The molecule has 1 atom stereocenters. The molecule has 1 unspecified atom stereocenters. The van der Waals surface area contributed by atoms with Crippen molar-refractivity contribution in [1.29, 1.82) is 0 Å². The van der Waals surface area contributed by atoms with Crippen LogP contribution in [0, 0.1) is 0 Å². The second kappa shape index (κ2) is 4.97. The summed E-state index contributed by atoms with van der Waals surface area (Å²) in [6.45, 7) is 0. The first kappa shape index (κ1) is 12.1. The Balaban J connectivity index is 0.00000121. The minimum Gasteiger partial charge on any atom is -0.398 e. The van der Waals surface area contributed by atoms with Gasteiger partial charge in [0.25, 0.3) is 0 Å². The van der Waals surface area contributed by atoms with Gasteiger partial charge < -0.3 is 10.3 Å². The van der Waals surface area contributed by atoms with Gasteiger partial charge in [-0.25, -0.2) is 4.21 Å². The molecule has 0 aliphatic rings. The van der Waals surface area contributed by atoms with Crippen LogP contribution in [-0.4, -0.2) is 8.76 Å². The molecule has 6 heteroatoms. The quantitative estimate of drug-likeness (QED) is 0.305. The number of anilines is 1. The number of hydrogen-bond acceptors (Lipinski definition) is 3. The summed E-state index contributed by atoms with van der Waals surface area (Å²) in [7, 11) is 0. The van der Waals surface area contributed by atoms with E-state index < -0.39 is 11.1 Å². The molecule has 1 aromatic carbocycles. The van der Waals surface area contributed by atoms with Crippen LogP contribution < -0.4 is 5.73 Å². The Morgan fingerprint density at radius 3 is 2.50 bits per heavy atom. The number of benzene rings is 1. The zero-order valence-electron chi connectivity index (χ0n) is 6.23. The van der Waals surface area contributed by atoms with Crippen molar-refractivity contribution in [3.63, 3.8) is 0 Å². The molecule has 12 heavy (non-hydrogen) atoms. The first-order valence-corrected chi connectivity index (χ1v) is 4.36. The van der Waals surface area contributed by atoms with Crippen molar-refractivity contribution in [1.82, 2.24) is 0 Å². The predicted molar refractivity (Wildman–Crippen MR) is 47.1 cm³/mol. The molecule has 1 rings (SSSR count). The molecule has 0 radical (unpaired) electrons. The summed E-state index contributed by atoms with van der Waals surface area (Å²) in [5.74, 6) is 0. The van der Waals surface area contributed by atoms with Crippen molar-refractivity contribution >= 4 is 29.4 Å². The van der Waals surface area contributed by atoms with E-state index in [1.807, 2.05) is 0 Å². The van der Waals surface area contributed by atoms with Gasteiger partial charge in [-0.2, -0.15) is 0 Å². The summed E-state index contributed by atoms with van der Waals surface area (Å²) >= 11 is 2.05. The second-order valence-electron chi connectivity index (χ2n) is 1.97. The standard InChI is InChI=1S/C6H7NO2S2.Zn/c7-5-3-4(11(8)9)1-2-6(5)10;/h1-3,10H,7H2,(H,8,9);/q;+2. The van der Waals surface area contributed by atoms with Gasteiger partial charge in [-0.15, -0.1) is 12.6 Å². The molecule has 0 amide bonds. The van der Waals surface area contributed by atoms with Crippen molar-refractivity contribution in [2.45, 2.75) is 9.79 Å². The average Bonchev–Trinajstić information content (AvgIpc) is 1.94. The Labute approximate surface area is 91.2 Å². The van der Waals surface area contributed by atoms with Crippen LogP contribution in [0.2, 0.25) is 0 Å². The molecule has 0 heterocycles. The summed E-state index contributed by atoms with van der Waals surface area (Å²) in [4.78, 5) is 0.902. The van der Waals surface area contributed by atoms with Crippen molar-refractivity contribution in [2.75, 3.05) is 5.73 Å². The first-order valence-electron chi connectivity index (χ1n) is 2.80. The number of thiol groups is 1. The van der Waals surface area contributed by atoms with Crippen LogP contribution in [0.15, 0.2) is 28.0 Å². The normalized spacial score (nSPS) is 11.8. The van der Waals surface area contributed by atoms with Crippen molar-refractivity contribution in [2.24, 2.45) is 0 Å². The van der Waals surface area contributed by atoms with Crippen LogP contribution in [0.5, 0.6) is 0 Å². The smallest absolute Gasteiger partial charge is 0.398 e. The second-order valence-corrected chi connectivity index (χ2v) is 3.42. The van der Waals surface area contributed by atoms with Crippen molar-refractivity contribution < 1.29 is 28.2 Å². The topological polar surface area (TPSA) is 63.3 Å². The monoisotopic (exact) mass is 253 g/mol. The average molecular weight is 255 g/mol. The molecule has 3 nitrogen and oxygen atoms in total. The van der Waals surface area contributed by atoms with Gasteiger partial charge in [0.2, 0.25) is 0 Å². The minimum atomic E-state index is -1.96. The van der Waals surface area contributed by atoms with Gasteiger partial charge in [0.1, 0.15) is 0 Å². The largest absolute Gasteiger partial charge is 2.00 e. The fraction of sp³-hybridized carbons (Fsp3) is 0. The molecule has 0 saturated heterocycles. The van der Waals surface area contributed by atoms with Gasteiger partial charge in [-0.1, -0.05) is 0 Å². The van der Waals surface area contributed by atoms with E-state index in [1.54, 1.807) is 6.07 Å². The molecule has 0 saturated carbocycles. The summed E-state index contributed by atoms with van der Waals surface area (Å²) in [6.07, 6.45) is 0. The molecule has 0 aliphatic heterocycles. The molecule has 1 aromatic rings. The summed E-state index contributed by atoms with van der Waals surface area (Å²) in [6, 6.07) is 4.52. The molecule has 0 fully saturated rings. The molecular weight excluding hydrogens is 248 g/mol. The third kappa shape index (κ3) is 2.86. The zero-order valence-corrected chi connectivity index (χ0v) is 10.9. The maximum absolute atomic E-state index is 10.5. The van der Waals surface area contributed by atoms with Gasteiger partial charge >= 0.3 is 19.5 Å². The van der Waals surface area contributed by atoms with Crippen LogP contribution >= 0.6 is 12.6 Å². The summed E-state index contributed by atoms with van der Waals surface area (Å²) in [5, 5.41) is 0. The summed E-state index contributed by atoms with van der Waals surface area (Å²) < 4.78 is 19.1. The molecular formula is C6H7NO2S2Zn+2. The third-order valence-corrected chi connectivity index (χ3v) is 2.27. The van der Waals surface area contributed by atoms with E-state index in [4.69, 9.17) is 10.3 Å². The fourth-order valence-corrected chi connectivity index (χ4v) is 1.19. The van der Waals surface area contributed by atoms with E-state index in [9.17, 15) is 4.21 Å². The van der Waals surface area contributed by atoms with E-state index in [-0.39, 0.29) is 19.5 Å². The fourth-order valence-electron chi connectivity index (χ4n) is 0.641. The first-order chi connectivity index (χ1) is 5.11. The van der Waals surface area contributed by atoms with E-state index >= 15 is 0 Å². The minimum absolute atomic E-state index is 0. The Kier molecular flexibility index (Phi) is 5.01. The van der Waals surface area contributed by atoms with Gasteiger partial charge in [0.05, 0.1) is 4.90 Å². The van der Waals surface area contributed by atoms with Gasteiger partial charge in [-0.05, 0) is 18.2 Å². The van der Waals surface area contributed by atoms with Crippen molar-refractivity contribution in [3.8, 4) is 0 Å². The number of rotatable bonds is 1. The number of hydrogen-bond donors (Lipinski definition) is 3. The molecule has 0 spiro atoms. The van der Waals surface area contributed by atoms with E-state index in [2.05, 4.69) is 12.6 Å². The SMILES string of the molecule is Nc1cc(S(=O)O)ccc1S.[Zn+2]. The Bertz CT molecular complexity index is 306. The summed E-state index contributed by atoms with van der Waals surface area (Å²) in [5.41, 5.74) is 5.85. The van der Waals surface area contributed by atoms with E-state index in [0.29, 0.717) is 15.5 Å². The Hall–Kier alpha value is 0.103. The molecule has 0 aliphatic carbocycles. The number of nitrogens with two attached hydrogens (primary N) is 1. The van der Waals surface area contributed by atoms with Gasteiger partial charge in [0, 0.05) is 10.6 Å². The van der Waals surface area contributed by atoms with Crippen LogP contribution in [0.25, 0.3) is 0 Å². The zero-order chi connectivity index (χ0) is 8.43.